The SMILES string of the molecule is CC(NC(=O)C1CNNC1c1ccc2c(c1)OCCO2)c1ccco1. The fourth-order valence-corrected chi connectivity index (χ4v) is 3.24. The Balaban J connectivity index is 1.49. The molecule has 1 aromatic carbocycles. The number of carbonyl (C=O) groups is 1. The van der Waals surface area contributed by atoms with E-state index in [-0.39, 0.29) is 23.9 Å². The van der Waals surface area contributed by atoms with Gasteiger partial charge in [-0.25, -0.2) is 5.43 Å². The van der Waals surface area contributed by atoms with Crippen molar-refractivity contribution in [3.8, 4) is 11.5 Å². The minimum Gasteiger partial charge on any atom is -0.486 e. The summed E-state index contributed by atoms with van der Waals surface area (Å²) in [5.74, 6) is 1.94. The number of amides is 1. The summed E-state index contributed by atoms with van der Waals surface area (Å²) >= 11 is 0. The molecule has 0 spiro atoms. The number of hydrogen-bond donors (Lipinski definition) is 3. The molecular formula is C18H21N3O4. The highest BCUT2D eigenvalue weighted by atomic mass is 16.6. The van der Waals surface area contributed by atoms with E-state index in [9.17, 15) is 4.79 Å². The van der Waals surface area contributed by atoms with Crippen LogP contribution in [-0.2, 0) is 4.79 Å². The van der Waals surface area contributed by atoms with Crippen LogP contribution < -0.4 is 25.6 Å². The predicted molar refractivity (Wildman–Crippen MR) is 90.1 cm³/mol. The highest BCUT2D eigenvalue weighted by Crippen LogP contribution is 2.35. The maximum atomic E-state index is 12.7. The van der Waals surface area contributed by atoms with E-state index in [1.807, 2.05) is 37.3 Å². The summed E-state index contributed by atoms with van der Waals surface area (Å²) in [5, 5.41) is 3.02. The van der Waals surface area contributed by atoms with Crippen molar-refractivity contribution in [3.63, 3.8) is 0 Å². The number of ether oxygens (including phenoxy) is 2. The van der Waals surface area contributed by atoms with Crippen LogP contribution in [0.3, 0.4) is 0 Å². The molecule has 4 rings (SSSR count). The molecule has 1 aromatic heterocycles. The molecule has 1 saturated heterocycles. The smallest absolute Gasteiger partial charge is 0.227 e. The van der Waals surface area contributed by atoms with Crippen LogP contribution in [0.5, 0.6) is 11.5 Å². The lowest BCUT2D eigenvalue weighted by molar-refractivity contribution is -0.125. The molecule has 3 unspecified atom stereocenters. The van der Waals surface area contributed by atoms with E-state index in [1.54, 1.807) is 6.26 Å². The number of furan rings is 1. The minimum atomic E-state index is -0.236. The Kier molecular flexibility index (Phi) is 4.33. The van der Waals surface area contributed by atoms with Crippen molar-refractivity contribution in [2.24, 2.45) is 5.92 Å². The van der Waals surface area contributed by atoms with Gasteiger partial charge in [-0.1, -0.05) is 6.07 Å². The average Bonchev–Trinajstić information content (AvgIpc) is 3.33. The second-order valence-corrected chi connectivity index (χ2v) is 6.26. The first kappa shape index (κ1) is 16.0. The summed E-state index contributed by atoms with van der Waals surface area (Å²) in [6.45, 7) is 3.56. The highest BCUT2D eigenvalue weighted by molar-refractivity contribution is 5.80. The summed E-state index contributed by atoms with van der Waals surface area (Å²) in [7, 11) is 0. The number of nitrogens with one attached hydrogen (secondary N) is 3. The van der Waals surface area contributed by atoms with Crippen LogP contribution in [0.25, 0.3) is 0 Å². The van der Waals surface area contributed by atoms with Crippen LogP contribution in [-0.4, -0.2) is 25.7 Å². The summed E-state index contributed by atoms with van der Waals surface area (Å²) in [6, 6.07) is 9.15. The third kappa shape index (κ3) is 3.20. The van der Waals surface area contributed by atoms with Gasteiger partial charge in [-0.3, -0.25) is 10.2 Å². The Morgan fingerprint density at radius 2 is 2.08 bits per heavy atom. The van der Waals surface area contributed by atoms with Gasteiger partial charge < -0.3 is 19.2 Å². The lowest BCUT2D eigenvalue weighted by atomic mass is 9.93. The zero-order valence-corrected chi connectivity index (χ0v) is 14.0. The van der Waals surface area contributed by atoms with Crippen LogP contribution in [0.15, 0.2) is 41.0 Å². The molecule has 0 aliphatic carbocycles. The zero-order chi connectivity index (χ0) is 17.2. The Hall–Kier alpha value is -2.51. The Bertz CT molecular complexity index is 747. The molecule has 0 bridgehead atoms. The van der Waals surface area contributed by atoms with Crippen molar-refractivity contribution in [2.75, 3.05) is 19.8 Å². The molecular weight excluding hydrogens is 322 g/mol. The van der Waals surface area contributed by atoms with Gasteiger partial charge in [0.15, 0.2) is 11.5 Å². The van der Waals surface area contributed by atoms with Crippen molar-refractivity contribution in [2.45, 2.75) is 19.0 Å². The van der Waals surface area contributed by atoms with Crippen molar-refractivity contribution in [3.05, 3.63) is 47.9 Å². The first-order valence-electron chi connectivity index (χ1n) is 8.44. The molecule has 3 heterocycles. The number of hydrogen-bond acceptors (Lipinski definition) is 6. The van der Waals surface area contributed by atoms with Crippen molar-refractivity contribution >= 4 is 5.91 Å². The number of benzene rings is 1. The summed E-state index contributed by atoms with van der Waals surface area (Å²) in [6.07, 6.45) is 1.61. The molecule has 3 N–H and O–H groups in total. The third-order valence-electron chi connectivity index (χ3n) is 4.57. The average molecular weight is 343 g/mol. The van der Waals surface area contributed by atoms with E-state index in [0.717, 1.165) is 22.8 Å². The minimum absolute atomic E-state index is 0.0266. The van der Waals surface area contributed by atoms with Crippen molar-refractivity contribution < 1.29 is 18.7 Å². The van der Waals surface area contributed by atoms with E-state index < -0.39 is 0 Å². The van der Waals surface area contributed by atoms with Crippen LogP contribution in [0.2, 0.25) is 0 Å². The molecule has 0 saturated carbocycles. The van der Waals surface area contributed by atoms with E-state index in [1.165, 1.54) is 0 Å². The molecule has 132 valence electrons. The molecule has 2 aliphatic heterocycles. The van der Waals surface area contributed by atoms with Gasteiger partial charge in [-0.05, 0) is 36.8 Å². The molecule has 0 radical (unpaired) electrons. The topological polar surface area (TPSA) is 84.8 Å². The fourth-order valence-electron chi connectivity index (χ4n) is 3.24. The molecule has 3 atom stereocenters. The first-order chi connectivity index (χ1) is 12.2. The van der Waals surface area contributed by atoms with Crippen LogP contribution in [0.1, 0.15) is 30.3 Å². The number of rotatable bonds is 4. The maximum Gasteiger partial charge on any atom is 0.227 e. The second kappa shape index (κ2) is 6.78. The molecule has 7 heteroatoms. The second-order valence-electron chi connectivity index (χ2n) is 6.26. The Morgan fingerprint density at radius 3 is 2.88 bits per heavy atom. The van der Waals surface area contributed by atoms with Gasteiger partial charge in [0.1, 0.15) is 19.0 Å². The number of hydrazine groups is 1. The van der Waals surface area contributed by atoms with Gasteiger partial charge in [0.05, 0.1) is 24.3 Å². The first-order valence-corrected chi connectivity index (χ1v) is 8.44. The summed E-state index contributed by atoms with van der Waals surface area (Å²) in [5.41, 5.74) is 7.26. The summed E-state index contributed by atoms with van der Waals surface area (Å²) < 4.78 is 16.6. The zero-order valence-electron chi connectivity index (χ0n) is 14.0. The van der Waals surface area contributed by atoms with Crippen LogP contribution in [0, 0.1) is 5.92 Å². The van der Waals surface area contributed by atoms with Gasteiger partial charge >= 0.3 is 0 Å². The summed E-state index contributed by atoms with van der Waals surface area (Å²) in [4.78, 5) is 12.7. The maximum absolute atomic E-state index is 12.7. The molecule has 2 aromatic rings. The van der Waals surface area contributed by atoms with Gasteiger partial charge in [0.2, 0.25) is 5.91 Å². The standard InChI is InChI=1S/C18H21N3O4/c1-11(14-3-2-6-23-14)20-18(22)13-10-19-21-17(13)12-4-5-15-16(9-12)25-8-7-24-15/h2-6,9,11,13,17,19,21H,7-8,10H2,1H3,(H,20,22). The van der Waals surface area contributed by atoms with Crippen LogP contribution >= 0.6 is 0 Å². The largest absolute Gasteiger partial charge is 0.486 e. The highest BCUT2D eigenvalue weighted by Gasteiger charge is 2.35. The Labute approximate surface area is 145 Å². The van der Waals surface area contributed by atoms with Crippen molar-refractivity contribution in [1.82, 2.24) is 16.2 Å². The normalized spacial score (nSPS) is 23.2. The molecule has 25 heavy (non-hydrogen) atoms. The molecule has 1 fully saturated rings. The third-order valence-corrected chi connectivity index (χ3v) is 4.57. The molecule has 2 aliphatic rings. The van der Waals surface area contributed by atoms with E-state index >= 15 is 0 Å². The number of carbonyl (C=O) groups excluding carboxylic acids is 1. The van der Waals surface area contributed by atoms with Crippen LogP contribution in [0.4, 0.5) is 0 Å². The fraction of sp³-hybridized carbons (Fsp3) is 0.389. The lowest BCUT2D eigenvalue weighted by Crippen LogP contribution is -2.36. The van der Waals surface area contributed by atoms with E-state index in [0.29, 0.717) is 19.8 Å². The van der Waals surface area contributed by atoms with Gasteiger partial charge in [0.25, 0.3) is 0 Å². The molecule has 1 amide bonds. The van der Waals surface area contributed by atoms with Gasteiger partial charge in [-0.15, -0.1) is 0 Å². The number of fused-ring (bicyclic) bond motifs is 1. The quantitative estimate of drug-likeness (QED) is 0.783. The van der Waals surface area contributed by atoms with Crippen molar-refractivity contribution in [1.29, 1.82) is 0 Å². The van der Waals surface area contributed by atoms with Gasteiger partial charge in [0, 0.05) is 6.54 Å². The monoisotopic (exact) mass is 343 g/mol. The van der Waals surface area contributed by atoms with E-state index in [2.05, 4.69) is 16.2 Å². The lowest BCUT2D eigenvalue weighted by Gasteiger charge is -2.23. The molecule has 7 nitrogen and oxygen atoms in total. The van der Waals surface area contributed by atoms with E-state index in [4.69, 9.17) is 13.9 Å². The predicted octanol–water partition coefficient (Wildman–Crippen LogP) is 1.69. The Morgan fingerprint density at radius 1 is 1.24 bits per heavy atom. The van der Waals surface area contributed by atoms with Gasteiger partial charge in [-0.2, -0.15) is 0 Å².